The molecule has 1 spiro atoms. The molecular weight excluding hydrogens is 827 g/mol. The molecule has 1 aliphatic heterocycles. The molecule has 8 aromatic carbocycles. The van der Waals surface area contributed by atoms with E-state index in [-0.39, 0.29) is 10.8 Å². The van der Waals surface area contributed by atoms with Crippen molar-refractivity contribution < 1.29 is 12.8 Å². The van der Waals surface area contributed by atoms with Crippen LogP contribution >= 0.6 is 0 Å². The molecule has 2 unspecified atom stereocenters. The van der Waals surface area contributed by atoms with Gasteiger partial charge in [-0.2, -0.15) is 0 Å². The molecule has 2 fully saturated rings. The maximum atomic E-state index is 14.8. The fourth-order valence-corrected chi connectivity index (χ4v) is 15.3. The lowest BCUT2D eigenvalue weighted by Gasteiger charge is -2.57. The van der Waals surface area contributed by atoms with E-state index in [0.717, 1.165) is 98.1 Å². The molecule has 3 aliphatic carbocycles. The quantitative estimate of drug-likeness (QED) is 0.173. The highest BCUT2D eigenvalue weighted by molar-refractivity contribution is 7.91. The standard InChI is InChI=1S/C61H51NO3S/c1-38-34-40-14-12-15-41(35-38)61(40)52-22-9-11-25-57(52)66(63,64)58-33-31-44(37-54(58)61)62(43-30-32-48-47-18-6-8-21-51(47)60(2,3)53(48)36-43)42-28-26-39(27-29-42)45-16-4-5-17-46(45)49-20-13-24-56-59(49)50-19-7-10-23-55(50)65-56/h4-11,13,16-33,36-38,40-41H,12,14-15,34-35H2,1-3H3/t38?,40-,41+,61?. The van der Waals surface area contributed by atoms with E-state index in [9.17, 15) is 8.42 Å². The van der Waals surface area contributed by atoms with Crippen LogP contribution in [0, 0.1) is 17.8 Å². The molecule has 4 atom stereocenters. The van der Waals surface area contributed by atoms with Crippen molar-refractivity contribution in [2.75, 3.05) is 4.90 Å². The van der Waals surface area contributed by atoms with E-state index >= 15 is 0 Å². The highest BCUT2D eigenvalue weighted by Crippen LogP contribution is 2.64. The Bertz CT molecular complexity index is 3550. The van der Waals surface area contributed by atoms with Crippen molar-refractivity contribution in [1.82, 2.24) is 0 Å². The van der Waals surface area contributed by atoms with Crippen molar-refractivity contribution in [2.45, 2.75) is 73.5 Å². The van der Waals surface area contributed by atoms with Gasteiger partial charge < -0.3 is 9.32 Å². The van der Waals surface area contributed by atoms with Crippen LogP contribution in [0.3, 0.4) is 0 Å². The van der Waals surface area contributed by atoms with Crippen LogP contribution in [0.4, 0.5) is 17.1 Å². The molecule has 324 valence electrons. The van der Waals surface area contributed by atoms with Gasteiger partial charge in [0.15, 0.2) is 0 Å². The number of anilines is 3. The van der Waals surface area contributed by atoms with Gasteiger partial charge in [0.25, 0.3) is 0 Å². The summed E-state index contributed by atoms with van der Waals surface area (Å²) < 4.78 is 36.0. The second-order valence-electron chi connectivity index (χ2n) is 20.1. The first kappa shape index (κ1) is 39.7. The van der Waals surface area contributed by atoms with E-state index in [4.69, 9.17) is 4.42 Å². The fourth-order valence-electron chi connectivity index (χ4n) is 13.5. The third-order valence-electron chi connectivity index (χ3n) is 16.2. The van der Waals surface area contributed by atoms with Gasteiger partial charge in [0.2, 0.25) is 9.84 Å². The highest BCUT2D eigenvalue weighted by atomic mass is 32.2. The average Bonchev–Trinajstić information content (AvgIpc) is 3.83. The Balaban J connectivity index is 1.00. The van der Waals surface area contributed by atoms with Gasteiger partial charge >= 0.3 is 0 Å². The van der Waals surface area contributed by atoms with E-state index in [1.165, 1.54) is 28.7 Å². The molecule has 9 aromatic rings. The van der Waals surface area contributed by atoms with Crippen LogP contribution in [0.1, 0.15) is 75.1 Å². The Hall–Kier alpha value is -6.69. The van der Waals surface area contributed by atoms with Gasteiger partial charge in [-0.1, -0.05) is 142 Å². The number of para-hydroxylation sites is 1. The maximum absolute atomic E-state index is 14.8. The molecule has 0 radical (unpaired) electrons. The summed E-state index contributed by atoms with van der Waals surface area (Å²) in [5.41, 5.74) is 16.0. The smallest absolute Gasteiger partial charge is 0.207 e. The minimum absolute atomic E-state index is 0.196. The van der Waals surface area contributed by atoms with Gasteiger partial charge in [0.1, 0.15) is 11.2 Å². The topological polar surface area (TPSA) is 50.5 Å². The lowest BCUT2D eigenvalue weighted by atomic mass is 9.48. The zero-order valence-electron chi connectivity index (χ0n) is 37.6. The number of sulfone groups is 1. The minimum atomic E-state index is -3.76. The van der Waals surface area contributed by atoms with E-state index in [1.54, 1.807) is 0 Å². The van der Waals surface area contributed by atoms with Crippen LogP contribution < -0.4 is 4.90 Å². The number of nitrogens with zero attached hydrogens (tertiary/aromatic N) is 1. The Morgan fingerprint density at radius 1 is 0.515 bits per heavy atom. The maximum Gasteiger partial charge on any atom is 0.207 e. The summed E-state index contributed by atoms with van der Waals surface area (Å²) in [6.07, 6.45) is 5.62. The summed E-state index contributed by atoms with van der Waals surface area (Å²) in [6, 6.07) is 62.3. The monoisotopic (exact) mass is 877 g/mol. The van der Waals surface area contributed by atoms with Crippen molar-refractivity contribution in [3.8, 4) is 33.4 Å². The zero-order chi connectivity index (χ0) is 44.5. The lowest BCUT2D eigenvalue weighted by Crippen LogP contribution is -2.53. The van der Waals surface area contributed by atoms with Crippen LogP contribution in [0.25, 0.3) is 55.3 Å². The summed E-state index contributed by atoms with van der Waals surface area (Å²) in [7, 11) is -3.76. The summed E-state index contributed by atoms with van der Waals surface area (Å²) in [5.74, 6) is 1.33. The lowest BCUT2D eigenvalue weighted by molar-refractivity contribution is 0.0488. The van der Waals surface area contributed by atoms with Crippen LogP contribution in [0.2, 0.25) is 0 Å². The van der Waals surface area contributed by atoms with Gasteiger partial charge in [-0.15, -0.1) is 0 Å². The third kappa shape index (κ3) is 5.53. The van der Waals surface area contributed by atoms with E-state index < -0.39 is 9.84 Å². The summed E-state index contributed by atoms with van der Waals surface area (Å²) in [4.78, 5) is 3.35. The van der Waals surface area contributed by atoms with Crippen molar-refractivity contribution in [3.05, 3.63) is 198 Å². The Morgan fingerprint density at radius 2 is 1.09 bits per heavy atom. The molecule has 66 heavy (non-hydrogen) atoms. The molecule has 1 aromatic heterocycles. The fraction of sp³-hybridized carbons (Fsp3) is 0.213. The summed E-state index contributed by atoms with van der Waals surface area (Å²) in [5, 5.41) is 2.23. The first-order valence-corrected chi connectivity index (χ1v) is 25.3. The van der Waals surface area contributed by atoms with E-state index in [1.807, 2.05) is 30.3 Å². The Morgan fingerprint density at radius 3 is 1.88 bits per heavy atom. The summed E-state index contributed by atoms with van der Waals surface area (Å²) in [6.45, 7) is 7.07. The van der Waals surface area contributed by atoms with Crippen molar-refractivity contribution in [3.63, 3.8) is 0 Å². The first-order chi connectivity index (χ1) is 32.1. The highest BCUT2D eigenvalue weighted by Gasteiger charge is 2.58. The molecule has 0 N–H and O–H groups in total. The molecule has 4 nitrogen and oxygen atoms in total. The molecular formula is C61H51NO3S. The molecule has 2 bridgehead atoms. The van der Waals surface area contributed by atoms with Gasteiger partial charge in [-0.05, 0) is 160 Å². The van der Waals surface area contributed by atoms with E-state index in [2.05, 4.69) is 171 Å². The SMILES string of the molecule is CC1C[C@H]2CCC[C@@H](C1)C21c2ccccc2S(=O)(=O)c2ccc(N(c3ccc(-c4ccccc4-c4cccc5oc6ccccc6c45)cc3)c3ccc4c(c3)C(C)(C)c3ccccc3-4)cc21. The van der Waals surface area contributed by atoms with Crippen LogP contribution in [0.15, 0.2) is 190 Å². The molecule has 0 amide bonds. The van der Waals surface area contributed by atoms with Crippen molar-refractivity contribution >= 4 is 48.8 Å². The predicted molar refractivity (Wildman–Crippen MR) is 269 cm³/mol. The first-order valence-electron chi connectivity index (χ1n) is 23.8. The number of hydrogen-bond donors (Lipinski definition) is 0. The Labute approximate surface area is 387 Å². The molecule has 2 heterocycles. The molecule has 0 saturated heterocycles. The summed E-state index contributed by atoms with van der Waals surface area (Å²) >= 11 is 0. The van der Waals surface area contributed by atoms with Gasteiger partial charge in [-0.3, -0.25) is 0 Å². The van der Waals surface area contributed by atoms with E-state index in [0.29, 0.717) is 27.5 Å². The predicted octanol–water partition coefficient (Wildman–Crippen LogP) is 16.0. The number of benzene rings is 8. The number of hydrogen-bond acceptors (Lipinski definition) is 4. The van der Waals surface area contributed by atoms with Crippen LogP contribution in [-0.2, 0) is 20.7 Å². The second-order valence-corrected chi connectivity index (χ2v) is 21.9. The van der Waals surface area contributed by atoms with Gasteiger partial charge in [0.05, 0.1) is 9.79 Å². The average molecular weight is 878 g/mol. The number of furan rings is 1. The molecule has 4 aliphatic rings. The third-order valence-corrected chi connectivity index (χ3v) is 18.1. The molecule has 5 heteroatoms. The van der Waals surface area contributed by atoms with Gasteiger partial charge in [0, 0.05) is 38.7 Å². The van der Waals surface area contributed by atoms with Crippen LogP contribution in [-0.4, -0.2) is 8.42 Å². The minimum Gasteiger partial charge on any atom is -0.456 e. The second kappa shape index (κ2) is 14.4. The number of rotatable bonds is 5. The molecule has 13 rings (SSSR count). The van der Waals surface area contributed by atoms with Crippen molar-refractivity contribution in [2.24, 2.45) is 17.8 Å². The zero-order valence-corrected chi connectivity index (χ0v) is 38.4. The van der Waals surface area contributed by atoms with Crippen molar-refractivity contribution in [1.29, 1.82) is 0 Å². The normalized spacial score (nSPS) is 21.8. The largest absolute Gasteiger partial charge is 0.456 e. The van der Waals surface area contributed by atoms with Crippen LogP contribution in [0.5, 0.6) is 0 Å². The Kier molecular flexibility index (Phi) is 8.65. The number of fused-ring (bicyclic) bond motifs is 8. The van der Waals surface area contributed by atoms with Gasteiger partial charge in [-0.25, -0.2) is 8.42 Å². The molecule has 2 saturated carbocycles.